The lowest BCUT2D eigenvalue weighted by molar-refractivity contribution is -0.133. The molecule has 120 valence electrons. The van der Waals surface area contributed by atoms with E-state index in [-0.39, 0.29) is 5.91 Å². The van der Waals surface area contributed by atoms with Crippen molar-refractivity contribution in [2.75, 3.05) is 18.4 Å². The van der Waals surface area contributed by atoms with Gasteiger partial charge >= 0.3 is 0 Å². The fourth-order valence-electron chi connectivity index (χ4n) is 3.56. The third kappa shape index (κ3) is 3.68. The van der Waals surface area contributed by atoms with Gasteiger partial charge in [-0.2, -0.15) is 0 Å². The van der Waals surface area contributed by atoms with Gasteiger partial charge in [0.05, 0.1) is 0 Å². The molecule has 3 rings (SSSR count). The van der Waals surface area contributed by atoms with Crippen molar-refractivity contribution in [2.45, 2.75) is 57.1 Å². The monoisotopic (exact) mass is 302 g/mol. The minimum atomic E-state index is -1.16. The third-order valence-electron chi connectivity index (χ3n) is 4.89. The molecule has 1 aromatic carbocycles. The summed E-state index contributed by atoms with van der Waals surface area (Å²) in [6.45, 7) is 3.26. The van der Waals surface area contributed by atoms with Gasteiger partial charge in [0.15, 0.2) is 0 Å². The Labute approximate surface area is 132 Å². The maximum Gasteiger partial charge on any atom is 0.256 e. The molecular weight excluding hydrogens is 276 g/mol. The number of hydrogen-bond acceptors (Lipinski definition) is 3. The molecule has 1 saturated heterocycles. The second-order valence-corrected chi connectivity index (χ2v) is 6.73. The van der Waals surface area contributed by atoms with Crippen LogP contribution in [-0.4, -0.2) is 34.6 Å². The molecule has 2 fully saturated rings. The number of hydrogen-bond donors (Lipinski definition) is 2. The minimum absolute atomic E-state index is 0.250. The number of piperidine rings is 1. The molecule has 0 spiro atoms. The first kappa shape index (κ1) is 15.5. The lowest BCUT2D eigenvalue weighted by atomic mass is 10.0. The van der Waals surface area contributed by atoms with Crippen LogP contribution in [0, 0.1) is 0 Å². The van der Waals surface area contributed by atoms with Gasteiger partial charge in [-0.25, -0.2) is 0 Å². The molecule has 4 heteroatoms. The van der Waals surface area contributed by atoms with Crippen molar-refractivity contribution in [1.82, 2.24) is 4.90 Å². The van der Waals surface area contributed by atoms with Crippen LogP contribution in [0.2, 0.25) is 0 Å². The number of likely N-dealkylation sites (tertiary alicyclic amines) is 1. The number of carbonyl (C=O) groups excluding carboxylic acids is 1. The van der Waals surface area contributed by atoms with E-state index in [1.165, 1.54) is 24.8 Å². The van der Waals surface area contributed by atoms with Crippen LogP contribution >= 0.6 is 0 Å². The zero-order valence-corrected chi connectivity index (χ0v) is 13.2. The van der Waals surface area contributed by atoms with Gasteiger partial charge in [-0.15, -0.1) is 0 Å². The van der Waals surface area contributed by atoms with Gasteiger partial charge in [0.25, 0.3) is 5.91 Å². The number of carbonyl (C=O) groups is 1. The highest BCUT2D eigenvalue weighted by molar-refractivity contribution is 5.97. The van der Waals surface area contributed by atoms with Crippen molar-refractivity contribution in [3.05, 3.63) is 29.8 Å². The molecular formula is C18H26N2O2. The lowest BCUT2D eigenvalue weighted by Gasteiger charge is -2.26. The molecule has 1 amide bonds. The smallest absolute Gasteiger partial charge is 0.256 e. The van der Waals surface area contributed by atoms with Crippen molar-refractivity contribution >= 4 is 11.6 Å². The van der Waals surface area contributed by atoms with Crippen molar-refractivity contribution < 1.29 is 9.90 Å². The summed E-state index contributed by atoms with van der Waals surface area (Å²) in [7, 11) is 0. The van der Waals surface area contributed by atoms with E-state index in [1.54, 1.807) is 0 Å². The van der Waals surface area contributed by atoms with E-state index in [2.05, 4.69) is 16.3 Å². The highest BCUT2D eigenvalue weighted by Crippen LogP contribution is 2.30. The molecule has 0 unspecified atom stereocenters. The summed E-state index contributed by atoms with van der Waals surface area (Å²) in [5.74, 6) is -0.250. The lowest BCUT2D eigenvalue weighted by Crippen LogP contribution is -2.40. The molecule has 0 atom stereocenters. The van der Waals surface area contributed by atoms with E-state index >= 15 is 0 Å². The molecule has 1 aliphatic carbocycles. The van der Waals surface area contributed by atoms with E-state index in [0.29, 0.717) is 12.8 Å². The average molecular weight is 302 g/mol. The molecule has 1 heterocycles. The molecule has 1 saturated carbocycles. The molecule has 1 aliphatic heterocycles. The van der Waals surface area contributed by atoms with E-state index in [9.17, 15) is 9.90 Å². The average Bonchev–Trinajstić information content (AvgIpc) is 2.97. The Morgan fingerprint density at radius 1 is 1.14 bits per heavy atom. The quantitative estimate of drug-likeness (QED) is 0.899. The Morgan fingerprint density at radius 2 is 1.86 bits per heavy atom. The first-order valence-corrected chi connectivity index (χ1v) is 8.51. The van der Waals surface area contributed by atoms with Crippen LogP contribution in [0.1, 0.15) is 50.5 Å². The molecule has 0 aromatic heterocycles. The predicted molar refractivity (Wildman–Crippen MR) is 87.6 cm³/mol. The second-order valence-electron chi connectivity index (χ2n) is 6.73. The maximum atomic E-state index is 12.3. The molecule has 0 bridgehead atoms. The van der Waals surface area contributed by atoms with Gasteiger partial charge in [0, 0.05) is 12.2 Å². The number of aliphatic hydroxyl groups is 1. The Bertz CT molecular complexity index is 518. The Morgan fingerprint density at radius 3 is 2.59 bits per heavy atom. The Balaban J connectivity index is 1.62. The van der Waals surface area contributed by atoms with E-state index in [4.69, 9.17) is 0 Å². The molecule has 2 N–H and O–H groups in total. The van der Waals surface area contributed by atoms with E-state index < -0.39 is 5.60 Å². The standard InChI is InChI=1S/C18H26N2O2/c21-17(18(22)9-2-3-10-18)19-16-8-6-7-15(13-16)14-20-11-4-1-5-12-20/h6-8,13,22H,1-5,9-12,14H2,(H,19,21). The van der Waals surface area contributed by atoms with Crippen molar-refractivity contribution in [3.63, 3.8) is 0 Å². The van der Waals surface area contributed by atoms with E-state index in [1.807, 2.05) is 18.2 Å². The van der Waals surface area contributed by atoms with Crippen molar-refractivity contribution in [3.8, 4) is 0 Å². The molecule has 1 aromatic rings. The molecule has 2 aliphatic rings. The number of rotatable bonds is 4. The number of nitrogens with one attached hydrogen (secondary N) is 1. The highest BCUT2D eigenvalue weighted by Gasteiger charge is 2.38. The maximum absolute atomic E-state index is 12.3. The SMILES string of the molecule is O=C(Nc1cccc(CN2CCCCC2)c1)C1(O)CCCC1. The van der Waals surface area contributed by atoms with E-state index in [0.717, 1.165) is 38.2 Å². The number of nitrogens with zero attached hydrogens (tertiary/aromatic N) is 1. The van der Waals surface area contributed by atoms with Crippen molar-refractivity contribution in [1.29, 1.82) is 0 Å². The van der Waals surface area contributed by atoms with Crippen LogP contribution < -0.4 is 5.32 Å². The topological polar surface area (TPSA) is 52.6 Å². The van der Waals surface area contributed by atoms with Crippen LogP contribution in [0.4, 0.5) is 5.69 Å². The first-order valence-electron chi connectivity index (χ1n) is 8.51. The summed E-state index contributed by atoms with van der Waals surface area (Å²) in [4.78, 5) is 14.7. The van der Waals surface area contributed by atoms with Crippen molar-refractivity contribution in [2.24, 2.45) is 0 Å². The predicted octanol–water partition coefficient (Wildman–Crippen LogP) is 2.92. The van der Waals surface area contributed by atoms with Crippen LogP contribution in [0.25, 0.3) is 0 Å². The zero-order valence-electron chi connectivity index (χ0n) is 13.2. The number of anilines is 1. The van der Waals surface area contributed by atoms with Gasteiger partial charge in [-0.1, -0.05) is 18.6 Å². The zero-order chi connectivity index (χ0) is 15.4. The van der Waals surface area contributed by atoms with Gasteiger partial charge < -0.3 is 10.4 Å². The highest BCUT2D eigenvalue weighted by atomic mass is 16.3. The normalized spacial score (nSPS) is 21.7. The second kappa shape index (κ2) is 6.80. The molecule has 22 heavy (non-hydrogen) atoms. The fourth-order valence-corrected chi connectivity index (χ4v) is 3.56. The number of amides is 1. The summed E-state index contributed by atoms with van der Waals surface area (Å²) in [6.07, 6.45) is 6.91. The van der Waals surface area contributed by atoms with Crippen LogP contribution in [0.3, 0.4) is 0 Å². The minimum Gasteiger partial charge on any atom is -0.380 e. The van der Waals surface area contributed by atoms with Gasteiger partial charge in [0.2, 0.25) is 0 Å². The first-order chi connectivity index (χ1) is 10.7. The number of benzene rings is 1. The van der Waals surface area contributed by atoms with Crippen LogP contribution in [0.5, 0.6) is 0 Å². The largest absolute Gasteiger partial charge is 0.380 e. The van der Waals surface area contributed by atoms with Crippen LogP contribution in [0.15, 0.2) is 24.3 Å². The molecule has 0 radical (unpaired) electrons. The van der Waals surface area contributed by atoms with Gasteiger partial charge in [-0.05, 0) is 69.3 Å². The molecule has 4 nitrogen and oxygen atoms in total. The summed E-state index contributed by atoms with van der Waals surface area (Å²) in [5, 5.41) is 13.2. The van der Waals surface area contributed by atoms with Gasteiger partial charge in [0.1, 0.15) is 5.60 Å². The van der Waals surface area contributed by atoms with Gasteiger partial charge in [-0.3, -0.25) is 9.69 Å². The third-order valence-corrected chi connectivity index (χ3v) is 4.89. The Kier molecular flexibility index (Phi) is 4.79. The summed E-state index contributed by atoms with van der Waals surface area (Å²) >= 11 is 0. The summed E-state index contributed by atoms with van der Waals surface area (Å²) < 4.78 is 0. The van der Waals surface area contributed by atoms with Crippen LogP contribution in [-0.2, 0) is 11.3 Å². The summed E-state index contributed by atoms with van der Waals surface area (Å²) in [5.41, 5.74) is 0.848. The fraction of sp³-hybridized carbons (Fsp3) is 0.611. The summed E-state index contributed by atoms with van der Waals surface area (Å²) in [6, 6.07) is 8.02. The Hall–Kier alpha value is -1.39.